The molecule has 0 amide bonds. The third-order valence-electron chi connectivity index (χ3n) is 1.87. The van der Waals surface area contributed by atoms with Crippen LogP contribution in [0.25, 0.3) is 0 Å². The van der Waals surface area contributed by atoms with E-state index in [1.165, 1.54) is 13.2 Å². The second kappa shape index (κ2) is 4.11. The molecule has 0 saturated heterocycles. The molecule has 0 aliphatic rings. The number of ether oxygens (including phenoxy) is 1. The van der Waals surface area contributed by atoms with Crippen molar-refractivity contribution < 1.29 is 9.84 Å². The predicted molar refractivity (Wildman–Crippen MR) is 50.6 cm³/mol. The summed E-state index contributed by atoms with van der Waals surface area (Å²) in [4.78, 5) is 0. The number of phenols is 1. The first kappa shape index (κ1) is 9.83. The molecular weight excluding hydrogens is 168 g/mol. The Morgan fingerprint density at radius 1 is 1.54 bits per heavy atom. The Balaban J connectivity index is 3.05. The Morgan fingerprint density at radius 3 is 2.77 bits per heavy atom. The maximum absolute atomic E-state index is 9.17. The lowest BCUT2D eigenvalue weighted by Crippen LogP contribution is -2.21. The maximum atomic E-state index is 9.17. The molecule has 1 aromatic rings. The summed E-state index contributed by atoms with van der Waals surface area (Å²) in [5, 5.41) is 9.17. The van der Waals surface area contributed by atoms with Gasteiger partial charge in [0.1, 0.15) is 11.5 Å². The topological polar surface area (TPSA) is 81.5 Å². The highest BCUT2D eigenvalue weighted by atomic mass is 16.5. The summed E-state index contributed by atoms with van der Waals surface area (Å²) in [5.41, 5.74) is 12.0. The van der Waals surface area contributed by atoms with Crippen LogP contribution in [0.3, 0.4) is 0 Å². The van der Waals surface area contributed by atoms with Crippen molar-refractivity contribution in [3.05, 3.63) is 23.8 Å². The molecule has 4 heteroatoms. The summed E-state index contributed by atoms with van der Waals surface area (Å²) in [5.74, 6) is 0.725. The van der Waals surface area contributed by atoms with Gasteiger partial charge in [0, 0.05) is 24.2 Å². The summed E-state index contributed by atoms with van der Waals surface area (Å²) >= 11 is 0. The molecule has 13 heavy (non-hydrogen) atoms. The predicted octanol–water partition coefficient (Wildman–Crippen LogP) is 0.359. The highest BCUT2D eigenvalue weighted by molar-refractivity contribution is 5.41. The number of phenolic OH excluding ortho intramolecular Hbond substituents is 1. The van der Waals surface area contributed by atoms with Crippen molar-refractivity contribution in [1.82, 2.24) is 0 Å². The standard InChI is InChI=1S/C9H14N2O2/c1-13-9-4-6(12)2-3-7(9)8(11)5-10/h2-4,8,12H,5,10-11H2,1H3/t8-/m1/s1. The van der Waals surface area contributed by atoms with E-state index in [2.05, 4.69) is 0 Å². The molecule has 1 atom stereocenters. The van der Waals surface area contributed by atoms with Crippen molar-refractivity contribution in [1.29, 1.82) is 0 Å². The number of aromatic hydroxyl groups is 1. The van der Waals surface area contributed by atoms with Gasteiger partial charge in [-0.2, -0.15) is 0 Å². The molecular formula is C9H14N2O2. The molecule has 72 valence electrons. The molecule has 4 nitrogen and oxygen atoms in total. The average Bonchev–Trinajstić information content (AvgIpc) is 2.16. The first-order valence-electron chi connectivity index (χ1n) is 4.01. The van der Waals surface area contributed by atoms with Gasteiger partial charge in [-0.15, -0.1) is 0 Å². The molecule has 0 aliphatic heterocycles. The normalized spacial score (nSPS) is 12.5. The van der Waals surface area contributed by atoms with Crippen LogP contribution in [-0.4, -0.2) is 18.8 Å². The third-order valence-corrected chi connectivity index (χ3v) is 1.87. The lowest BCUT2D eigenvalue weighted by atomic mass is 10.1. The van der Waals surface area contributed by atoms with Gasteiger partial charge in [0.2, 0.25) is 0 Å². The van der Waals surface area contributed by atoms with Crippen molar-refractivity contribution in [3.8, 4) is 11.5 Å². The van der Waals surface area contributed by atoms with E-state index in [-0.39, 0.29) is 11.8 Å². The number of rotatable bonds is 3. The van der Waals surface area contributed by atoms with E-state index < -0.39 is 0 Å². The monoisotopic (exact) mass is 182 g/mol. The molecule has 1 rings (SSSR count). The number of benzene rings is 1. The van der Waals surface area contributed by atoms with E-state index in [4.69, 9.17) is 16.2 Å². The first-order valence-corrected chi connectivity index (χ1v) is 4.01. The van der Waals surface area contributed by atoms with Gasteiger partial charge in [-0.1, -0.05) is 6.07 Å². The van der Waals surface area contributed by atoms with Crippen LogP contribution in [0.2, 0.25) is 0 Å². The van der Waals surface area contributed by atoms with Gasteiger partial charge < -0.3 is 21.3 Å². The van der Waals surface area contributed by atoms with Gasteiger partial charge in [0.05, 0.1) is 7.11 Å². The van der Waals surface area contributed by atoms with Gasteiger partial charge in [-0.05, 0) is 6.07 Å². The first-order chi connectivity index (χ1) is 6.19. The minimum absolute atomic E-state index is 0.157. The second-order valence-corrected chi connectivity index (χ2v) is 2.77. The van der Waals surface area contributed by atoms with Crippen LogP contribution in [0.1, 0.15) is 11.6 Å². The number of hydrogen-bond acceptors (Lipinski definition) is 4. The Morgan fingerprint density at radius 2 is 2.23 bits per heavy atom. The van der Waals surface area contributed by atoms with Crippen LogP contribution in [0, 0.1) is 0 Å². The van der Waals surface area contributed by atoms with Crippen molar-refractivity contribution in [2.45, 2.75) is 6.04 Å². The number of methoxy groups -OCH3 is 1. The molecule has 0 aromatic heterocycles. The minimum atomic E-state index is -0.254. The van der Waals surface area contributed by atoms with Crippen LogP contribution in [0.5, 0.6) is 11.5 Å². The van der Waals surface area contributed by atoms with Crippen LogP contribution in [0.15, 0.2) is 18.2 Å². The van der Waals surface area contributed by atoms with Gasteiger partial charge >= 0.3 is 0 Å². The van der Waals surface area contributed by atoms with E-state index in [1.807, 2.05) is 0 Å². The second-order valence-electron chi connectivity index (χ2n) is 2.77. The van der Waals surface area contributed by atoms with E-state index in [9.17, 15) is 5.11 Å². The molecule has 0 aliphatic carbocycles. The van der Waals surface area contributed by atoms with Crippen molar-refractivity contribution >= 4 is 0 Å². The average molecular weight is 182 g/mol. The van der Waals surface area contributed by atoms with E-state index >= 15 is 0 Å². The lowest BCUT2D eigenvalue weighted by molar-refractivity contribution is 0.399. The molecule has 0 heterocycles. The fraction of sp³-hybridized carbons (Fsp3) is 0.333. The molecule has 0 bridgehead atoms. The maximum Gasteiger partial charge on any atom is 0.127 e. The molecule has 0 saturated carbocycles. The zero-order chi connectivity index (χ0) is 9.84. The fourth-order valence-electron chi connectivity index (χ4n) is 1.13. The van der Waals surface area contributed by atoms with Crippen LogP contribution in [-0.2, 0) is 0 Å². The van der Waals surface area contributed by atoms with E-state index in [1.54, 1.807) is 12.1 Å². The van der Waals surface area contributed by atoms with Crippen LogP contribution in [0.4, 0.5) is 0 Å². The molecule has 0 unspecified atom stereocenters. The van der Waals surface area contributed by atoms with Gasteiger partial charge in [0.25, 0.3) is 0 Å². The zero-order valence-electron chi connectivity index (χ0n) is 7.53. The van der Waals surface area contributed by atoms with Crippen molar-refractivity contribution in [2.75, 3.05) is 13.7 Å². The summed E-state index contributed by atoms with van der Waals surface area (Å²) < 4.78 is 5.05. The molecule has 0 radical (unpaired) electrons. The Kier molecular flexibility index (Phi) is 3.11. The number of nitrogens with two attached hydrogens (primary N) is 2. The van der Waals surface area contributed by atoms with E-state index in [0.717, 1.165) is 5.56 Å². The summed E-state index contributed by atoms with van der Waals surface area (Å²) in [6.45, 7) is 0.348. The Hall–Kier alpha value is -1.26. The van der Waals surface area contributed by atoms with Crippen LogP contribution < -0.4 is 16.2 Å². The minimum Gasteiger partial charge on any atom is -0.508 e. The van der Waals surface area contributed by atoms with Gasteiger partial charge in [0.15, 0.2) is 0 Å². The Bertz CT molecular complexity index is 289. The smallest absolute Gasteiger partial charge is 0.127 e. The zero-order valence-corrected chi connectivity index (χ0v) is 7.53. The highest BCUT2D eigenvalue weighted by Crippen LogP contribution is 2.27. The third kappa shape index (κ3) is 2.11. The SMILES string of the molecule is COc1cc(O)ccc1[C@H](N)CN. The van der Waals surface area contributed by atoms with Gasteiger partial charge in [-0.25, -0.2) is 0 Å². The molecule has 5 N–H and O–H groups in total. The molecule has 0 fully saturated rings. The van der Waals surface area contributed by atoms with Crippen molar-refractivity contribution in [3.63, 3.8) is 0 Å². The quantitative estimate of drug-likeness (QED) is 0.630. The summed E-state index contributed by atoms with van der Waals surface area (Å²) in [7, 11) is 1.53. The van der Waals surface area contributed by atoms with Gasteiger partial charge in [-0.3, -0.25) is 0 Å². The fourth-order valence-corrected chi connectivity index (χ4v) is 1.13. The highest BCUT2D eigenvalue weighted by Gasteiger charge is 2.10. The van der Waals surface area contributed by atoms with Crippen molar-refractivity contribution in [2.24, 2.45) is 11.5 Å². The summed E-state index contributed by atoms with van der Waals surface area (Å²) in [6.07, 6.45) is 0. The lowest BCUT2D eigenvalue weighted by Gasteiger charge is -2.13. The molecule has 0 spiro atoms. The number of hydrogen-bond donors (Lipinski definition) is 3. The van der Waals surface area contributed by atoms with E-state index in [0.29, 0.717) is 12.3 Å². The Labute approximate surface area is 77.1 Å². The summed E-state index contributed by atoms with van der Waals surface area (Å²) in [6, 6.07) is 4.54. The largest absolute Gasteiger partial charge is 0.508 e. The molecule has 1 aromatic carbocycles. The van der Waals surface area contributed by atoms with Crippen LogP contribution >= 0.6 is 0 Å².